The first-order valence-electron chi connectivity index (χ1n) is 7.12. The van der Waals surface area contributed by atoms with Gasteiger partial charge in [-0.2, -0.15) is 0 Å². The number of hydrogen-bond acceptors (Lipinski definition) is 4. The lowest BCUT2D eigenvalue weighted by Gasteiger charge is -2.21. The van der Waals surface area contributed by atoms with E-state index in [9.17, 15) is 0 Å². The number of aromatic nitrogens is 2. The summed E-state index contributed by atoms with van der Waals surface area (Å²) in [4.78, 5) is 9.05. The first-order valence-corrected chi connectivity index (χ1v) is 7.12. The minimum absolute atomic E-state index is 0.205. The SMILES string of the molecule is NC1=NC(/C=C/c2ccccc2)n2c(nc3ccccc32)N1. The van der Waals surface area contributed by atoms with Gasteiger partial charge in [-0.15, -0.1) is 0 Å². The standard InChI is InChI=1S/C17H15N5/c18-16-20-15(11-10-12-6-2-1-3-7-12)22-14-9-5-4-8-13(14)19-17(22)21-16/h1-11,15H,(H3,18,19,20,21)/b11-10+. The van der Waals surface area contributed by atoms with Crippen LogP contribution in [-0.4, -0.2) is 15.5 Å². The van der Waals surface area contributed by atoms with E-state index in [1.165, 1.54) is 0 Å². The van der Waals surface area contributed by atoms with E-state index in [0.717, 1.165) is 22.5 Å². The molecule has 0 saturated heterocycles. The molecular formula is C17H15N5. The van der Waals surface area contributed by atoms with E-state index in [4.69, 9.17) is 5.73 Å². The molecule has 5 heteroatoms. The van der Waals surface area contributed by atoms with Crippen molar-refractivity contribution in [1.82, 2.24) is 9.55 Å². The first-order chi connectivity index (χ1) is 10.8. The van der Waals surface area contributed by atoms with Crippen molar-refractivity contribution < 1.29 is 0 Å². The second-order valence-corrected chi connectivity index (χ2v) is 5.12. The second kappa shape index (κ2) is 5.04. The van der Waals surface area contributed by atoms with Gasteiger partial charge in [0.05, 0.1) is 11.0 Å². The second-order valence-electron chi connectivity index (χ2n) is 5.12. The van der Waals surface area contributed by atoms with Crippen molar-refractivity contribution in [3.05, 3.63) is 66.2 Å². The van der Waals surface area contributed by atoms with Crippen LogP contribution in [0.2, 0.25) is 0 Å². The Hall–Kier alpha value is -3.08. The summed E-state index contributed by atoms with van der Waals surface area (Å²) in [7, 11) is 0. The van der Waals surface area contributed by atoms with E-state index >= 15 is 0 Å². The van der Waals surface area contributed by atoms with Crippen LogP contribution in [0.15, 0.2) is 65.7 Å². The molecule has 0 saturated carbocycles. The quantitative estimate of drug-likeness (QED) is 0.762. The summed E-state index contributed by atoms with van der Waals surface area (Å²) in [5.74, 6) is 1.10. The highest BCUT2D eigenvalue weighted by atomic mass is 15.4. The first kappa shape index (κ1) is 12.6. The molecule has 108 valence electrons. The van der Waals surface area contributed by atoms with Crippen LogP contribution in [0.3, 0.4) is 0 Å². The van der Waals surface area contributed by atoms with Crippen molar-refractivity contribution in [2.75, 3.05) is 5.32 Å². The third-order valence-electron chi connectivity index (χ3n) is 3.63. The zero-order valence-electron chi connectivity index (χ0n) is 11.8. The topological polar surface area (TPSA) is 68.2 Å². The highest BCUT2D eigenvalue weighted by Crippen LogP contribution is 2.28. The third kappa shape index (κ3) is 2.13. The van der Waals surface area contributed by atoms with Gasteiger partial charge in [0.25, 0.3) is 0 Å². The molecule has 2 heterocycles. The molecule has 0 aliphatic carbocycles. The van der Waals surface area contributed by atoms with Crippen LogP contribution in [0, 0.1) is 0 Å². The molecule has 0 amide bonds. The average Bonchev–Trinajstić information content (AvgIpc) is 2.91. The molecular weight excluding hydrogens is 274 g/mol. The van der Waals surface area contributed by atoms with Crippen LogP contribution in [0.5, 0.6) is 0 Å². The number of fused-ring (bicyclic) bond motifs is 3. The normalized spacial score (nSPS) is 17.3. The molecule has 0 bridgehead atoms. The van der Waals surface area contributed by atoms with Gasteiger partial charge < -0.3 is 5.73 Å². The number of rotatable bonds is 2. The van der Waals surface area contributed by atoms with Crippen LogP contribution in [-0.2, 0) is 0 Å². The van der Waals surface area contributed by atoms with Crippen molar-refractivity contribution in [3.63, 3.8) is 0 Å². The zero-order valence-corrected chi connectivity index (χ0v) is 11.8. The number of guanidine groups is 1. The maximum absolute atomic E-state index is 5.88. The molecule has 1 unspecified atom stereocenters. The number of aliphatic imine (C=N–C) groups is 1. The van der Waals surface area contributed by atoms with Gasteiger partial charge in [0.1, 0.15) is 0 Å². The number of benzene rings is 2. The van der Waals surface area contributed by atoms with Crippen LogP contribution in [0.1, 0.15) is 11.7 Å². The molecule has 4 rings (SSSR count). The lowest BCUT2D eigenvalue weighted by Crippen LogP contribution is -2.30. The number of nitrogens with zero attached hydrogens (tertiary/aromatic N) is 3. The summed E-state index contributed by atoms with van der Waals surface area (Å²) in [6.07, 6.45) is 3.87. The Morgan fingerprint density at radius 1 is 1.05 bits per heavy atom. The molecule has 3 aromatic rings. The van der Waals surface area contributed by atoms with Crippen LogP contribution >= 0.6 is 0 Å². The summed E-state index contributed by atoms with van der Waals surface area (Å²) in [6, 6.07) is 18.1. The summed E-state index contributed by atoms with van der Waals surface area (Å²) >= 11 is 0. The minimum atomic E-state index is -0.205. The predicted octanol–water partition coefficient (Wildman–Crippen LogP) is 2.99. The number of hydrogen-bond donors (Lipinski definition) is 2. The van der Waals surface area contributed by atoms with Gasteiger partial charge >= 0.3 is 0 Å². The van der Waals surface area contributed by atoms with Gasteiger partial charge in [-0.05, 0) is 23.8 Å². The molecule has 0 fully saturated rings. The lowest BCUT2D eigenvalue weighted by atomic mass is 10.2. The van der Waals surface area contributed by atoms with Crippen molar-refractivity contribution in [2.24, 2.45) is 10.7 Å². The molecule has 1 atom stereocenters. The fourth-order valence-corrected chi connectivity index (χ4v) is 2.64. The van der Waals surface area contributed by atoms with Crippen LogP contribution < -0.4 is 11.1 Å². The average molecular weight is 289 g/mol. The van der Waals surface area contributed by atoms with Gasteiger partial charge in [-0.25, -0.2) is 9.98 Å². The third-order valence-corrected chi connectivity index (χ3v) is 3.63. The fourth-order valence-electron chi connectivity index (χ4n) is 2.64. The van der Waals surface area contributed by atoms with E-state index in [1.54, 1.807) is 0 Å². The highest BCUT2D eigenvalue weighted by molar-refractivity contribution is 5.94. The minimum Gasteiger partial charge on any atom is -0.370 e. The Kier molecular flexibility index (Phi) is 2.89. The van der Waals surface area contributed by atoms with E-state index in [2.05, 4.69) is 27.4 Å². The van der Waals surface area contributed by atoms with E-state index < -0.39 is 0 Å². The number of para-hydroxylation sites is 2. The summed E-state index contributed by atoms with van der Waals surface area (Å²) in [5, 5.41) is 3.02. The van der Waals surface area contributed by atoms with Crippen molar-refractivity contribution in [2.45, 2.75) is 6.17 Å². The van der Waals surface area contributed by atoms with E-state index in [0.29, 0.717) is 5.96 Å². The number of imidazole rings is 1. The maximum atomic E-state index is 5.88. The van der Waals surface area contributed by atoms with Crippen molar-refractivity contribution in [3.8, 4) is 0 Å². The van der Waals surface area contributed by atoms with Crippen molar-refractivity contribution >= 4 is 29.0 Å². The molecule has 2 aromatic carbocycles. The monoisotopic (exact) mass is 289 g/mol. The highest BCUT2D eigenvalue weighted by Gasteiger charge is 2.21. The Bertz CT molecular complexity index is 876. The molecule has 3 N–H and O–H groups in total. The van der Waals surface area contributed by atoms with E-state index in [-0.39, 0.29) is 6.17 Å². The Morgan fingerprint density at radius 3 is 2.68 bits per heavy atom. The summed E-state index contributed by atoms with van der Waals surface area (Å²) in [5.41, 5.74) is 8.96. The Balaban J connectivity index is 1.79. The zero-order chi connectivity index (χ0) is 14.9. The molecule has 1 aromatic heterocycles. The smallest absolute Gasteiger partial charge is 0.212 e. The molecule has 1 aliphatic rings. The van der Waals surface area contributed by atoms with Gasteiger partial charge in [-0.3, -0.25) is 9.88 Å². The summed E-state index contributed by atoms with van der Waals surface area (Å²) in [6.45, 7) is 0. The fraction of sp³-hybridized carbons (Fsp3) is 0.0588. The largest absolute Gasteiger partial charge is 0.370 e. The van der Waals surface area contributed by atoms with Crippen molar-refractivity contribution in [1.29, 1.82) is 0 Å². The summed E-state index contributed by atoms with van der Waals surface area (Å²) < 4.78 is 2.05. The molecule has 0 radical (unpaired) electrons. The number of anilines is 1. The Labute approximate surface area is 127 Å². The van der Waals surface area contributed by atoms with Gasteiger partial charge in [-0.1, -0.05) is 48.5 Å². The van der Waals surface area contributed by atoms with E-state index in [1.807, 2.05) is 59.2 Å². The molecule has 1 aliphatic heterocycles. The predicted molar refractivity (Wildman–Crippen MR) is 89.5 cm³/mol. The van der Waals surface area contributed by atoms with Crippen LogP contribution in [0.4, 0.5) is 5.95 Å². The Morgan fingerprint density at radius 2 is 1.82 bits per heavy atom. The molecule has 5 nitrogen and oxygen atoms in total. The molecule has 0 spiro atoms. The lowest BCUT2D eigenvalue weighted by molar-refractivity contribution is 0.650. The van der Waals surface area contributed by atoms with Gasteiger partial charge in [0.2, 0.25) is 5.95 Å². The van der Waals surface area contributed by atoms with Gasteiger partial charge in [0.15, 0.2) is 12.1 Å². The van der Waals surface area contributed by atoms with Gasteiger partial charge in [0, 0.05) is 0 Å². The van der Waals surface area contributed by atoms with Crippen LogP contribution in [0.25, 0.3) is 17.1 Å². The maximum Gasteiger partial charge on any atom is 0.212 e. The number of nitrogens with two attached hydrogens (primary N) is 1. The number of nitrogens with one attached hydrogen (secondary N) is 1. The molecule has 22 heavy (non-hydrogen) atoms.